The van der Waals surface area contributed by atoms with Crippen LogP contribution >= 0.6 is 36.8 Å². The summed E-state index contributed by atoms with van der Waals surface area (Å²) in [4.78, 5) is 13.4. The summed E-state index contributed by atoms with van der Waals surface area (Å²) < 4.78 is 62.4. The van der Waals surface area contributed by atoms with Crippen LogP contribution < -0.4 is 0 Å². The van der Waals surface area contributed by atoms with Gasteiger partial charge in [-0.05, 0) is 0 Å². The number of hydrogen-bond acceptors (Lipinski definition) is 11. The number of carbonyl (C=O) groups is 1. The Hall–Kier alpha value is 0.150. The molecule has 14 heteroatoms. The first kappa shape index (κ1) is 39.3. The zero-order chi connectivity index (χ0) is 31.5. The molecule has 1 aromatic carbocycles. The number of phosphoric ester groups is 1. The second kappa shape index (κ2) is 22.6. The zero-order valence-electron chi connectivity index (χ0n) is 25.7. The number of esters is 1. The average molecular weight is 778 g/mol. The van der Waals surface area contributed by atoms with Crippen LogP contribution in [0, 0.1) is 0 Å². The number of unbranched alkanes of at least 4 members (excludes halogenated alkanes) is 4. The van der Waals surface area contributed by atoms with E-state index in [1.165, 1.54) is 0 Å². The van der Waals surface area contributed by atoms with E-state index in [2.05, 4.69) is 42.9 Å². The Bertz CT molecular complexity index is 1010. The van der Waals surface area contributed by atoms with E-state index in [1.807, 2.05) is 19.9 Å². The monoisotopic (exact) mass is 777 g/mol. The summed E-state index contributed by atoms with van der Waals surface area (Å²) >= 11 is 2.06. The Balaban J connectivity index is 2.52. The van der Waals surface area contributed by atoms with E-state index in [0.717, 1.165) is 38.5 Å². The van der Waals surface area contributed by atoms with Gasteiger partial charge in [-0.2, -0.15) is 0 Å². The van der Waals surface area contributed by atoms with E-state index in [9.17, 15) is 9.36 Å². The van der Waals surface area contributed by atoms with Crippen molar-refractivity contribution < 1.29 is 46.1 Å². The molecular formula is C29H48IO10P2S-. The molecule has 1 fully saturated rings. The normalized spacial score (nSPS) is 22.6. The second-order valence-corrected chi connectivity index (χ2v) is 17.8. The molecule has 0 amide bonds. The Morgan fingerprint density at radius 3 is 1.93 bits per heavy atom. The second-order valence-electron chi connectivity index (χ2n) is 10.1. The zero-order valence-corrected chi connectivity index (χ0v) is 30.5. The molecule has 0 saturated carbocycles. The van der Waals surface area contributed by atoms with Crippen LogP contribution in [0.2, 0.25) is 0 Å². The molecule has 0 spiro atoms. The summed E-state index contributed by atoms with van der Waals surface area (Å²) in [5, 5.41) is 0. The van der Waals surface area contributed by atoms with E-state index in [4.69, 9.17) is 36.7 Å². The molecule has 0 N–H and O–H groups in total. The molecule has 248 valence electrons. The molecule has 1 heterocycles. The third-order valence-electron chi connectivity index (χ3n) is 6.52. The minimum atomic E-state index is -4.14. The maximum absolute atomic E-state index is 14.0. The third kappa shape index (κ3) is 14.6. The fraction of sp³-hybridized carbons (Fsp3) is 0.759. The Labute approximate surface area is 273 Å². The van der Waals surface area contributed by atoms with Gasteiger partial charge in [0.15, 0.2) is 0 Å². The van der Waals surface area contributed by atoms with Gasteiger partial charge in [-0.25, -0.2) is 0 Å². The Morgan fingerprint density at radius 1 is 0.860 bits per heavy atom. The number of carbonyl (C=O) groups excluding carboxylic acids is 1. The van der Waals surface area contributed by atoms with E-state index in [1.54, 1.807) is 24.3 Å². The van der Waals surface area contributed by atoms with Crippen LogP contribution in [0.15, 0.2) is 30.3 Å². The quantitative estimate of drug-likeness (QED) is 0.0375. The molecule has 5 atom stereocenters. The van der Waals surface area contributed by atoms with Crippen LogP contribution in [0.5, 0.6) is 0 Å². The van der Waals surface area contributed by atoms with Crippen molar-refractivity contribution in [3.8, 4) is 0 Å². The van der Waals surface area contributed by atoms with Crippen molar-refractivity contribution >= 4 is 50.1 Å². The van der Waals surface area contributed by atoms with Crippen molar-refractivity contribution in [1.29, 1.82) is 0 Å². The summed E-state index contributed by atoms with van der Waals surface area (Å²) in [5.41, 5.74) is 0.341. The predicted molar refractivity (Wildman–Crippen MR) is 178 cm³/mol. The molecule has 0 aliphatic carbocycles. The summed E-state index contributed by atoms with van der Waals surface area (Å²) in [6.45, 7) is 9.39. The summed E-state index contributed by atoms with van der Waals surface area (Å²) in [5.74, 6) is -0.605. The van der Waals surface area contributed by atoms with Crippen LogP contribution in [-0.4, -0.2) is 69.7 Å². The molecule has 2 rings (SSSR count). The molecule has 1 aromatic rings. The van der Waals surface area contributed by atoms with Crippen molar-refractivity contribution in [2.24, 2.45) is 0 Å². The molecule has 1 saturated heterocycles. The number of phosphoric acid groups is 1. The number of benzene rings is 1. The van der Waals surface area contributed by atoms with E-state index < -0.39 is 51.8 Å². The summed E-state index contributed by atoms with van der Waals surface area (Å²) in [6.07, 6.45) is 1.68. The van der Waals surface area contributed by atoms with Gasteiger partial charge in [-0.15, -0.1) is 0 Å². The fourth-order valence-electron chi connectivity index (χ4n) is 4.10. The van der Waals surface area contributed by atoms with Gasteiger partial charge in [0.05, 0.1) is 0 Å². The molecule has 0 aromatic heterocycles. The van der Waals surface area contributed by atoms with Gasteiger partial charge in [0, 0.05) is 0 Å². The molecule has 1 aliphatic rings. The first-order chi connectivity index (χ1) is 20.8. The maximum atomic E-state index is 14.0. The van der Waals surface area contributed by atoms with Crippen LogP contribution in [0.1, 0.15) is 89.4 Å². The number of rotatable bonds is 22. The average Bonchev–Trinajstić information content (AvgIpc) is 2.99. The summed E-state index contributed by atoms with van der Waals surface area (Å²) in [7, 11) is -0.447. The van der Waals surface area contributed by atoms with Gasteiger partial charge >= 0.3 is 255 Å². The first-order valence-electron chi connectivity index (χ1n) is 15.2. The molecule has 0 radical (unpaired) electrons. The van der Waals surface area contributed by atoms with Crippen molar-refractivity contribution in [2.75, 3.05) is 33.0 Å². The number of ether oxygens (including phenoxy) is 4. The SMILES string of the molecule is CCCCOC1[C@H](OCCCC)C(CO[S-](#P)I)O[C@H](OP(=O)(OCCCC)OCCCC)[C@@H]1OC(=O)c1ccccc1. The molecule has 2 unspecified atom stereocenters. The van der Waals surface area contributed by atoms with E-state index in [0.29, 0.717) is 31.6 Å². The minimum absolute atomic E-state index is 0.0941. The van der Waals surface area contributed by atoms with Crippen LogP contribution in [-0.2, 0) is 48.6 Å². The van der Waals surface area contributed by atoms with Gasteiger partial charge in [0.25, 0.3) is 0 Å². The van der Waals surface area contributed by atoms with Gasteiger partial charge in [-0.1, -0.05) is 19.9 Å². The Kier molecular flexibility index (Phi) is 20.7. The van der Waals surface area contributed by atoms with Crippen LogP contribution in [0.4, 0.5) is 0 Å². The van der Waals surface area contributed by atoms with Gasteiger partial charge in [0.1, 0.15) is 0 Å². The van der Waals surface area contributed by atoms with Crippen LogP contribution in [0.25, 0.3) is 0 Å². The Morgan fingerprint density at radius 2 is 1.40 bits per heavy atom. The predicted octanol–water partition coefficient (Wildman–Crippen LogP) is 8.29. The van der Waals surface area contributed by atoms with Gasteiger partial charge in [-0.3, -0.25) is 0 Å². The first-order valence-corrected chi connectivity index (χ1v) is 21.4. The number of hydrogen-bond donors (Lipinski definition) is 0. The van der Waals surface area contributed by atoms with Crippen molar-refractivity contribution in [2.45, 2.75) is 110 Å². The van der Waals surface area contributed by atoms with Crippen molar-refractivity contribution in [3.05, 3.63) is 35.9 Å². The van der Waals surface area contributed by atoms with Gasteiger partial charge < -0.3 is 0 Å². The van der Waals surface area contributed by atoms with Crippen LogP contribution in [0.3, 0.4) is 0 Å². The van der Waals surface area contributed by atoms with E-state index in [-0.39, 0.29) is 19.8 Å². The standard InChI is InChI=1S/C29H48IO10P2S/c1-5-9-18-33-25-24(22-37-43(30)41)38-29(40-42(32,35-20-11-7-3)36-21-12-8-4)27(26(25)34-19-10-6-2)39-28(31)23-16-14-13-15-17-23/h13-17,24-27,29H,5-12,18-22H2,1-4H3/q-1/t24?,25-,26?,27-,29-/m1/s1. The molecule has 1 aliphatic heterocycles. The summed E-state index contributed by atoms with van der Waals surface area (Å²) in [6, 6.07) is 8.61. The molecule has 10 nitrogen and oxygen atoms in total. The molecule has 43 heavy (non-hydrogen) atoms. The number of halogens is 1. The fourth-order valence-corrected chi connectivity index (χ4v) is 6.29. The van der Waals surface area contributed by atoms with Crippen molar-refractivity contribution in [3.63, 3.8) is 0 Å². The molecule has 0 bridgehead atoms. The van der Waals surface area contributed by atoms with Crippen molar-refractivity contribution in [1.82, 2.24) is 0 Å². The third-order valence-corrected chi connectivity index (χ3v) is 9.39. The molecular weight excluding hydrogens is 729 g/mol. The van der Waals surface area contributed by atoms with Gasteiger partial charge in [0.2, 0.25) is 0 Å². The topological polar surface area (TPSA) is 108 Å². The van der Waals surface area contributed by atoms with E-state index >= 15 is 0 Å².